The van der Waals surface area contributed by atoms with Crippen molar-refractivity contribution in [1.82, 2.24) is 19.5 Å². The molecule has 0 saturated heterocycles. The predicted molar refractivity (Wildman–Crippen MR) is 129 cm³/mol. The van der Waals surface area contributed by atoms with Crippen LogP contribution >= 0.6 is 0 Å². The van der Waals surface area contributed by atoms with Gasteiger partial charge in [-0.05, 0) is 56.4 Å². The summed E-state index contributed by atoms with van der Waals surface area (Å²) in [6.45, 7) is 0.779. The van der Waals surface area contributed by atoms with Crippen molar-refractivity contribution in [2.45, 2.75) is 38.6 Å². The van der Waals surface area contributed by atoms with E-state index in [4.69, 9.17) is 29.2 Å². The smallest absolute Gasteiger partial charge is 0.203 e. The first-order chi connectivity index (χ1) is 16.2. The average Bonchev–Trinajstić information content (AvgIpc) is 3.22. The van der Waals surface area contributed by atoms with Gasteiger partial charge in [-0.25, -0.2) is 15.0 Å². The highest BCUT2D eigenvalue weighted by Gasteiger charge is 2.21. The lowest BCUT2D eigenvalue weighted by Gasteiger charge is -2.16. The van der Waals surface area contributed by atoms with E-state index in [-0.39, 0.29) is 0 Å². The van der Waals surface area contributed by atoms with Gasteiger partial charge in [0.05, 0.1) is 32.4 Å². The summed E-state index contributed by atoms with van der Waals surface area (Å²) in [4.78, 5) is 14.7. The van der Waals surface area contributed by atoms with Crippen LogP contribution < -0.4 is 14.2 Å². The third-order valence-electron chi connectivity index (χ3n) is 6.22. The van der Waals surface area contributed by atoms with Crippen molar-refractivity contribution in [3.8, 4) is 28.6 Å². The molecule has 0 spiro atoms. The van der Waals surface area contributed by atoms with Crippen LogP contribution in [0.3, 0.4) is 0 Å². The number of benzene rings is 2. The van der Waals surface area contributed by atoms with Crippen LogP contribution in [0.1, 0.15) is 32.1 Å². The summed E-state index contributed by atoms with van der Waals surface area (Å²) in [7, 11) is 4.84. The highest BCUT2D eigenvalue weighted by molar-refractivity contribution is 5.85. The van der Waals surface area contributed by atoms with Gasteiger partial charge in [0.1, 0.15) is 5.82 Å². The minimum Gasteiger partial charge on any atom is -0.493 e. The summed E-state index contributed by atoms with van der Waals surface area (Å²) in [5.74, 6) is 2.52. The molecule has 170 valence electrons. The van der Waals surface area contributed by atoms with Crippen LogP contribution in [0, 0.1) is 0 Å². The van der Waals surface area contributed by atoms with Crippen LogP contribution in [0.2, 0.25) is 0 Å². The lowest BCUT2D eigenvalue weighted by molar-refractivity contribution is 0.324. The minimum atomic E-state index is 0.556. The van der Waals surface area contributed by atoms with Crippen molar-refractivity contribution in [3.05, 3.63) is 48.0 Å². The van der Waals surface area contributed by atoms with E-state index in [1.165, 1.54) is 31.3 Å². The maximum Gasteiger partial charge on any atom is 0.203 e. The SMILES string of the molecule is COc1cc(-c2nc3nc4ccccc4nc3n2CCC2=CCCCC2)cc(OC)c1OC. The molecule has 2 aromatic heterocycles. The van der Waals surface area contributed by atoms with Crippen molar-refractivity contribution in [3.63, 3.8) is 0 Å². The topological polar surface area (TPSA) is 71.3 Å². The Labute approximate surface area is 193 Å². The van der Waals surface area contributed by atoms with Crippen LogP contribution in [0.4, 0.5) is 0 Å². The highest BCUT2D eigenvalue weighted by atomic mass is 16.5. The van der Waals surface area contributed by atoms with E-state index in [0.717, 1.165) is 41.0 Å². The Morgan fingerprint density at radius 1 is 0.879 bits per heavy atom. The number of allylic oxidation sites excluding steroid dienone is 2. The van der Waals surface area contributed by atoms with Crippen LogP contribution in [-0.4, -0.2) is 40.8 Å². The van der Waals surface area contributed by atoms with Crippen LogP contribution in [0.15, 0.2) is 48.0 Å². The first-order valence-electron chi connectivity index (χ1n) is 11.3. The number of nitrogens with zero attached hydrogens (tertiary/aromatic N) is 4. The van der Waals surface area contributed by atoms with Crippen LogP contribution in [0.25, 0.3) is 33.7 Å². The maximum atomic E-state index is 5.59. The zero-order valence-corrected chi connectivity index (χ0v) is 19.3. The Bertz CT molecular complexity index is 1320. The fourth-order valence-corrected chi connectivity index (χ4v) is 4.53. The van der Waals surface area contributed by atoms with Crippen molar-refractivity contribution < 1.29 is 14.2 Å². The standard InChI is InChI=1S/C26H28N4O3/c1-31-21-15-18(16-22(32-2)23(21)33-3)25-29-24-26(28-20-12-8-7-11-19(20)27-24)30(25)14-13-17-9-5-4-6-10-17/h7-9,11-12,15-16H,4-6,10,13-14H2,1-3H3. The van der Waals surface area contributed by atoms with Gasteiger partial charge < -0.3 is 18.8 Å². The van der Waals surface area contributed by atoms with Gasteiger partial charge in [-0.3, -0.25) is 0 Å². The molecule has 2 heterocycles. The molecule has 0 radical (unpaired) electrons. The van der Waals surface area contributed by atoms with Gasteiger partial charge in [-0.2, -0.15) is 0 Å². The van der Waals surface area contributed by atoms with Gasteiger partial charge in [-0.1, -0.05) is 23.8 Å². The zero-order valence-electron chi connectivity index (χ0n) is 19.3. The molecule has 0 amide bonds. The summed E-state index contributed by atoms with van der Waals surface area (Å²) in [6.07, 6.45) is 8.25. The average molecular weight is 445 g/mol. The Morgan fingerprint density at radius 3 is 2.24 bits per heavy atom. The van der Waals surface area contributed by atoms with Gasteiger partial charge in [0.2, 0.25) is 5.75 Å². The number of rotatable bonds is 7. The number of para-hydroxylation sites is 2. The number of ether oxygens (including phenoxy) is 3. The number of methoxy groups -OCH3 is 3. The van der Waals surface area contributed by atoms with E-state index in [0.29, 0.717) is 22.9 Å². The summed E-state index contributed by atoms with van der Waals surface area (Å²) in [6, 6.07) is 11.8. The number of aromatic nitrogens is 4. The predicted octanol–water partition coefficient (Wildman–Crippen LogP) is 5.56. The molecule has 4 aromatic rings. The molecule has 1 aliphatic carbocycles. The lowest BCUT2D eigenvalue weighted by atomic mass is 9.97. The fourth-order valence-electron chi connectivity index (χ4n) is 4.53. The summed E-state index contributed by atoms with van der Waals surface area (Å²) in [5.41, 5.74) is 5.49. The third-order valence-corrected chi connectivity index (χ3v) is 6.22. The van der Waals surface area contributed by atoms with Gasteiger partial charge in [-0.15, -0.1) is 0 Å². The van der Waals surface area contributed by atoms with E-state index in [2.05, 4.69) is 10.6 Å². The summed E-state index contributed by atoms with van der Waals surface area (Å²) < 4.78 is 18.9. The molecule has 7 nitrogen and oxygen atoms in total. The van der Waals surface area contributed by atoms with Crippen molar-refractivity contribution in [2.75, 3.05) is 21.3 Å². The quantitative estimate of drug-likeness (QED) is 0.347. The van der Waals surface area contributed by atoms with E-state index in [9.17, 15) is 0 Å². The second kappa shape index (κ2) is 9.10. The maximum absolute atomic E-state index is 5.59. The first kappa shape index (κ1) is 21.2. The molecule has 1 aliphatic rings. The molecule has 0 bridgehead atoms. The molecule has 5 rings (SSSR count). The summed E-state index contributed by atoms with van der Waals surface area (Å²) in [5, 5.41) is 0. The Kier molecular flexibility index (Phi) is 5.86. The molecule has 33 heavy (non-hydrogen) atoms. The monoisotopic (exact) mass is 444 g/mol. The first-order valence-corrected chi connectivity index (χ1v) is 11.3. The second-order valence-corrected chi connectivity index (χ2v) is 8.22. The fraction of sp³-hybridized carbons (Fsp3) is 0.346. The normalized spacial score (nSPS) is 13.8. The molecular formula is C26H28N4O3. The van der Waals surface area contributed by atoms with Crippen molar-refractivity contribution >= 4 is 22.3 Å². The Balaban J connectivity index is 1.68. The van der Waals surface area contributed by atoms with E-state index in [1.807, 2.05) is 36.4 Å². The van der Waals surface area contributed by atoms with Gasteiger partial charge >= 0.3 is 0 Å². The minimum absolute atomic E-state index is 0.556. The van der Waals surface area contributed by atoms with Gasteiger partial charge in [0.25, 0.3) is 0 Å². The third kappa shape index (κ3) is 3.99. The molecule has 0 saturated carbocycles. The molecule has 0 unspecified atom stereocenters. The van der Waals surface area contributed by atoms with E-state index >= 15 is 0 Å². The zero-order chi connectivity index (χ0) is 22.8. The number of hydrogen-bond donors (Lipinski definition) is 0. The number of hydrogen-bond acceptors (Lipinski definition) is 6. The largest absolute Gasteiger partial charge is 0.493 e. The van der Waals surface area contributed by atoms with Crippen molar-refractivity contribution in [1.29, 1.82) is 0 Å². The highest BCUT2D eigenvalue weighted by Crippen LogP contribution is 2.41. The number of imidazole rings is 1. The van der Waals surface area contributed by atoms with Crippen LogP contribution in [-0.2, 0) is 6.54 Å². The molecule has 2 aromatic carbocycles. The van der Waals surface area contributed by atoms with Gasteiger partial charge in [0.15, 0.2) is 22.8 Å². The lowest BCUT2D eigenvalue weighted by Crippen LogP contribution is -2.05. The van der Waals surface area contributed by atoms with E-state index in [1.54, 1.807) is 21.3 Å². The van der Waals surface area contributed by atoms with Crippen LogP contribution in [0.5, 0.6) is 17.2 Å². The Hall–Kier alpha value is -3.61. The Morgan fingerprint density at radius 2 is 1.61 bits per heavy atom. The van der Waals surface area contributed by atoms with E-state index < -0.39 is 0 Å². The molecule has 0 N–H and O–H groups in total. The molecule has 7 heteroatoms. The molecular weight excluding hydrogens is 416 g/mol. The van der Waals surface area contributed by atoms with Crippen molar-refractivity contribution in [2.24, 2.45) is 0 Å². The number of fused-ring (bicyclic) bond motifs is 2. The van der Waals surface area contributed by atoms with Gasteiger partial charge in [0, 0.05) is 12.1 Å². The molecule has 0 atom stereocenters. The molecule has 0 aliphatic heterocycles. The second-order valence-electron chi connectivity index (χ2n) is 8.22. The molecule has 0 fully saturated rings. The number of aryl methyl sites for hydroxylation is 1. The summed E-state index contributed by atoms with van der Waals surface area (Å²) >= 11 is 0.